The van der Waals surface area contributed by atoms with E-state index in [0.717, 1.165) is 30.0 Å². The van der Waals surface area contributed by atoms with Crippen LogP contribution in [-0.4, -0.2) is 23.2 Å². The van der Waals surface area contributed by atoms with E-state index in [2.05, 4.69) is 101 Å². The van der Waals surface area contributed by atoms with Crippen LogP contribution in [0.4, 0.5) is 17.1 Å². The molecular weight excluding hydrogens is 404 g/mol. The Morgan fingerprint density at radius 2 is 1.87 bits per heavy atom. The van der Waals surface area contributed by atoms with E-state index < -0.39 is 0 Å². The van der Waals surface area contributed by atoms with Crippen molar-refractivity contribution in [3.05, 3.63) is 84.6 Å². The molecule has 158 valence electrons. The number of anilines is 3. The third-order valence-electron chi connectivity index (χ3n) is 5.19. The molecule has 6 heteroatoms. The number of para-hydroxylation sites is 1. The molecule has 31 heavy (non-hydrogen) atoms. The summed E-state index contributed by atoms with van der Waals surface area (Å²) in [6.45, 7) is 4.31. The van der Waals surface area contributed by atoms with E-state index in [0.29, 0.717) is 5.25 Å². The van der Waals surface area contributed by atoms with Gasteiger partial charge in [0.1, 0.15) is 0 Å². The maximum absolute atomic E-state index is 8.58. The first-order valence-corrected chi connectivity index (χ1v) is 11.1. The number of primary amides is 1. The maximum Gasteiger partial charge on any atom is 0.204 e. The van der Waals surface area contributed by atoms with E-state index in [4.69, 9.17) is 4.79 Å². The molecule has 1 amide bonds. The number of thioether (sulfide) groups is 1. The van der Waals surface area contributed by atoms with E-state index >= 15 is 0 Å². The van der Waals surface area contributed by atoms with Gasteiger partial charge in [0, 0.05) is 46.0 Å². The fourth-order valence-electron chi connectivity index (χ4n) is 3.89. The lowest BCUT2D eigenvalue weighted by Gasteiger charge is -2.34. The van der Waals surface area contributed by atoms with Crippen molar-refractivity contribution in [1.82, 2.24) is 4.98 Å². The molecule has 1 aliphatic rings. The highest BCUT2D eigenvalue weighted by atomic mass is 32.2. The molecule has 1 atom stereocenters. The summed E-state index contributed by atoms with van der Waals surface area (Å²) < 4.78 is 0. The third kappa shape index (κ3) is 4.86. The van der Waals surface area contributed by atoms with Gasteiger partial charge in [0.05, 0.1) is 11.4 Å². The predicted molar refractivity (Wildman–Crippen MR) is 131 cm³/mol. The van der Waals surface area contributed by atoms with Gasteiger partial charge in [-0.25, -0.2) is 0 Å². The molecule has 0 radical (unpaired) electrons. The summed E-state index contributed by atoms with van der Waals surface area (Å²) in [5.41, 5.74) is 10.2. The number of nitrogens with two attached hydrogens (primary N) is 1. The summed E-state index contributed by atoms with van der Waals surface area (Å²) in [5.74, 6) is 0. The molecule has 0 spiro atoms. The highest BCUT2D eigenvalue weighted by Gasteiger charge is 2.23. The van der Waals surface area contributed by atoms with Gasteiger partial charge >= 0.3 is 0 Å². The van der Waals surface area contributed by atoms with E-state index in [1.165, 1.54) is 21.5 Å². The molecule has 0 saturated carbocycles. The van der Waals surface area contributed by atoms with Gasteiger partial charge in [0.2, 0.25) is 6.41 Å². The van der Waals surface area contributed by atoms with Crippen LogP contribution in [0.5, 0.6) is 0 Å². The first-order chi connectivity index (χ1) is 15.2. The highest BCUT2D eigenvalue weighted by molar-refractivity contribution is 8.00. The number of amides is 1. The second kappa shape index (κ2) is 9.62. The van der Waals surface area contributed by atoms with Gasteiger partial charge in [-0.05, 0) is 29.8 Å². The molecule has 4 aromatic rings. The molecule has 3 aromatic carbocycles. The number of H-pyrrole nitrogens is 1. The van der Waals surface area contributed by atoms with Crippen LogP contribution >= 0.6 is 11.8 Å². The van der Waals surface area contributed by atoms with Gasteiger partial charge in [-0.3, -0.25) is 4.79 Å². The van der Waals surface area contributed by atoms with Crippen molar-refractivity contribution in [2.75, 3.05) is 16.8 Å². The largest absolute Gasteiger partial charge is 0.372 e. The van der Waals surface area contributed by atoms with Crippen molar-refractivity contribution in [2.24, 2.45) is 5.73 Å². The number of hydrogen-bond acceptors (Lipinski definition) is 4. The van der Waals surface area contributed by atoms with Crippen LogP contribution in [-0.2, 0) is 11.3 Å². The summed E-state index contributed by atoms with van der Waals surface area (Å²) in [7, 11) is 0. The van der Waals surface area contributed by atoms with E-state index in [-0.39, 0.29) is 6.41 Å². The number of fused-ring (bicyclic) bond motifs is 2. The Morgan fingerprint density at radius 3 is 2.68 bits per heavy atom. The summed E-state index contributed by atoms with van der Waals surface area (Å²) in [6, 6.07) is 25.8. The average molecular weight is 431 g/mol. The number of hydrogen-bond donors (Lipinski definition) is 3. The monoisotopic (exact) mass is 430 g/mol. The molecule has 0 bridgehead atoms. The fourth-order valence-corrected chi connectivity index (χ4v) is 5.03. The van der Waals surface area contributed by atoms with Crippen LogP contribution in [0.3, 0.4) is 0 Å². The first-order valence-electron chi connectivity index (χ1n) is 10.3. The molecule has 0 saturated heterocycles. The normalized spacial score (nSPS) is 15.0. The summed E-state index contributed by atoms with van der Waals surface area (Å²) in [5, 5.41) is 5.40. The minimum Gasteiger partial charge on any atom is -0.372 e. The topological polar surface area (TPSA) is 74.2 Å². The van der Waals surface area contributed by atoms with E-state index in [1.807, 2.05) is 18.0 Å². The fraction of sp³-hybridized carbons (Fsp3) is 0.160. The number of carbonyl (C=O) groups excluding carboxylic acids is 1. The molecular formula is C25H26N4OS. The van der Waals surface area contributed by atoms with Crippen molar-refractivity contribution in [2.45, 2.75) is 23.6 Å². The van der Waals surface area contributed by atoms with Gasteiger partial charge in [-0.2, -0.15) is 0 Å². The van der Waals surface area contributed by atoms with Gasteiger partial charge in [-0.15, -0.1) is 11.8 Å². The molecule has 0 fully saturated rings. The zero-order chi connectivity index (χ0) is 21.6. The van der Waals surface area contributed by atoms with Gasteiger partial charge in [-0.1, -0.05) is 55.5 Å². The van der Waals surface area contributed by atoms with Crippen LogP contribution < -0.4 is 16.0 Å². The van der Waals surface area contributed by atoms with Gasteiger partial charge in [0.15, 0.2) is 0 Å². The molecule has 1 unspecified atom stereocenters. The van der Waals surface area contributed by atoms with Crippen LogP contribution in [0.15, 0.2) is 83.9 Å². The number of benzene rings is 3. The van der Waals surface area contributed by atoms with Crippen LogP contribution in [0, 0.1) is 0 Å². The van der Waals surface area contributed by atoms with Crippen molar-refractivity contribution in [1.29, 1.82) is 0 Å². The summed E-state index contributed by atoms with van der Waals surface area (Å²) in [4.78, 5) is 15.8. The van der Waals surface area contributed by atoms with Crippen LogP contribution in [0.2, 0.25) is 0 Å². The molecule has 1 aliphatic heterocycles. The quantitative estimate of drug-likeness (QED) is 0.373. The minimum absolute atomic E-state index is 0.250. The molecule has 5 rings (SSSR count). The SMILES string of the molecule is CC1CN(Cc2ccccc2)c2cc(Nc3c[nH]c4ccccc34)ccc2S1.NC=O. The van der Waals surface area contributed by atoms with E-state index in [1.54, 1.807) is 0 Å². The lowest BCUT2D eigenvalue weighted by molar-refractivity contribution is -0.106. The molecule has 4 N–H and O–H groups in total. The van der Waals surface area contributed by atoms with Crippen molar-refractivity contribution in [3.8, 4) is 0 Å². The maximum atomic E-state index is 8.58. The van der Waals surface area contributed by atoms with Crippen molar-refractivity contribution >= 4 is 46.1 Å². The number of aromatic nitrogens is 1. The smallest absolute Gasteiger partial charge is 0.204 e. The standard InChI is InChI=1S/C24H23N3S.CH3NO/c1-17-15-27(16-18-7-3-2-4-8-18)23-13-19(11-12-24(23)28-17)26-22-14-25-21-10-6-5-9-20(21)22;2-1-3/h2-14,17,25-26H,15-16H2,1H3;1H,(H2,2,3). The van der Waals surface area contributed by atoms with Crippen LogP contribution in [0.1, 0.15) is 12.5 Å². The molecule has 5 nitrogen and oxygen atoms in total. The number of rotatable bonds is 4. The molecule has 2 heterocycles. The van der Waals surface area contributed by atoms with Crippen molar-refractivity contribution in [3.63, 3.8) is 0 Å². The third-order valence-corrected chi connectivity index (χ3v) is 6.34. The number of nitrogens with zero attached hydrogens (tertiary/aromatic N) is 1. The number of aromatic amines is 1. The summed E-state index contributed by atoms with van der Waals surface area (Å²) >= 11 is 1.97. The van der Waals surface area contributed by atoms with Crippen molar-refractivity contribution < 1.29 is 4.79 Å². The molecule has 1 aromatic heterocycles. The van der Waals surface area contributed by atoms with Gasteiger partial charge in [0.25, 0.3) is 0 Å². The second-order valence-electron chi connectivity index (χ2n) is 7.49. The number of nitrogens with one attached hydrogen (secondary N) is 2. The van der Waals surface area contributed by atoms with Crippen LogP contribution in [0.25, 0.3) is 10.9 Å². The Labute approximate surface area is 186 Å². The Morgan fingerprint density at radius 1 is 1.13 bits per heavy atom. The van der Waals surface area contributed by atoms with Gasteiger partial charge < -0.3 is 20.9 Å². The Kier molecular flexibility index (Phi) is 6.48. The lowest BCUT2D eigenvalue weighted by Crippen LogP contribution is -2.32. The Hall–Kier alpha value is -3.38. The Balaban J connectivity index is 0.000000730. The molecule has 0 aliphatic carbocycles. The zero-order valence-electron chi connectivity index (χ0n) is 17.4. The lowest BCUT2D eigenvalue weighted by atomic mass is 10.1. The van der Waals surface area contributed by atoms with E-state index in [9.17, 15) is 0 Å². The predicted octanol–water partition coefficient (Wildman–Crippen LogP) is 5.51. The second-order valence-corrected chi connectivity index (χ2v) is 8.97. The zero-order valence-corrected chi connectivity index (χ0v) is 18.2. The minimum atomic E-state index is 0.250. The Bertz CT molecular complexity index is 1160. The first kappa shape index (κ1) is 20.9. The number of carbonyl (C=O) groups is 1. The summed E-state index contributed by atoms with van der Waals surface area (Å²) in [6.07, 6.45) is 2.29. The highest BCUT2D eigenvalue weighted by Crippen LogP contribution is 2.41. The average Bonchev–Trinajstić information content (AvgIpc) is 3.18.